The van der Waals surface area contributed by atoms with Crippen LogP contribution in [0, 0.1) is 11.8 Å². The monoisotopic (exact) mass is 267 g/mol. The molecule has 1 aliphatic rings. The van der Waals surface area contributed by atoms with Crippen molar-refractivity contribution in [1.82, 2.24) is 5.32 Å². The molecule has 0 bridgehead atoms. The molecule has 3 nitrogen and oxygen atoms in total. The zero-order chi connectivity index (χ0) is 13.1. The molecule has 0 amide bonds. The molecule has 100 valence electrons. The van der Waals surface area contributed by atoms with E-state index < -0.39 is 5.97 Å². The lowest BCUT2D eigenvalue weighted by atomic mass is 9.79. The van der Waals surface area contributed by atoms with E-state index in [2.05, 4.69) is 19.2 Å². The Labute approximate surface area is 112 Å². The van der Waals surface area contributed by atoms with Gasteiger partial charge in [-0.2, -0.15) is 0 Å². The van der Waals surface area contributed by atoms with Crippen molar-refractivity contribution in [3.05, 3.63) is 21.9 Å². The third-order valence-corrected chi connectivity index (χ3v) is 5.11. The summed E-state index contributed by atoms with van der Waals surface area (Å²) in [5, 5.41) is 12.4. The standard InChI is InChI=1S/C14H21NO2S/c1-9-3-4-11(7-10(9)2)15-8-12-5-6-13(18-12)14(16)17/h5-6,9-11,15H,3-4,7-8H2,1-2H3,(H,16,17). The van der Waals surface area contributed by atoms with Crippen molar-refractivity contribution >= 4 is 17.3 Å². The normalized spacial score (nSPS) is 28.2. The van der Waals surface area contributed by atoms with Crippen molar-refractivity contribution in [3.8, 4) is 0 Å². The molecule has 2 rings (SSSR count). The molecule has 1 aromatic heterocycles. The highest BCUT2D eigenvalue weighted by atomic mass is 32.1. The summed E-state index contributed by atoms with van der Waals surface area (Å²) < 4.78 is 0. The van der Waals surface area contributed by atoms with E-state index in [4.69, 9.17) is 5.11 Å². The van der Waals surface area contributed by atoms with E-state index in [1.807, 2.05) is 6.07 Å². The Balaban J connectivity index is 1.82. The van der Waals surface area contributed by atoms with Crippen LogP contribution < -0.4 is 5.32 Å². The van der Waals surface area contributed by atoms with Gasteiger partial charge in [0.05, 0.1) is 0 Å². The van der Waals surface area contributed by atoms with E-state index >= 15 is 0 Å². The molecule has 0 aromatic carbocycles. The highest BCUT2D eigenvalue weighted by Gasteiger charge is 2.24. The smallest absolute Gasteiger partial charge is 0.345 e. The number of thiophene rings is 1. The first-order chi connectivity index (χ1) is 8.56. The van der Waals surface area contributed by atoms with Gasteiger partial charge in [0.15, 0.2) is 0 Å². The number of carboxylic acid groups (broad SMARTS) is 1. The molecule has 4 heteroatoms. The lowest BCUT2D eigenvalue weighted by Gasteiger charge is -2.32. The van der Waals surface area contributed by atoms with Crippen molar-refractivity contribution in [2.45, 2.75) is 45.7 Å². The fourth-order valence-corrected chi connectivity index (χ4v) is 3.36. The van der Waals surface area contributed by atoms with Crippen LogP contribution >= 0.6 is 11.3 Å². The van der Waals surface area contributed by atoms with Gasteiger partial charge >= 0.3 is 5.97 Å². The number of hydrogen-bond acceptors (Lipinski definition) is 3. The van der Waals surface area contributed by atoms with Crippen LogP contribution in [0.1, 0.15) is 47.7 Å². The topological polar surface area (TPSA) is 49.3 Å². The highest BCUT2D eigenvalue weighted by molar-refractivity contribution is 7.13. The Morgan fingerprint density at radius 2 is 2.17 bits per heavy atom. The van der Waals surface area contributed by atoms with Crippen molar-refractivity contribution in [2.75, 3.05) is 0 Å². The van der Waals surface area contributed by atoms with Crippen LogP contribution in [-0.2, 0) is 6.54 Å². The summed E-state index contributed by atoms with van der Waals surface area (Å²) in [5.41, 5.74) is 0. The zero-order valence-electron chi connectivity index (χ0n) is 11.0. The molecule has 1 aromatic rings. The summed E-state index contributed by atoms with van der Waals surface area (Å²) in [6.45, 7) is 5.45. The summed E-state index contributed by atoms with van der Waals surface area (Å²) in [5.74, 6) is 0.795. The lowest BCUT2D eigenvalue weighted by molar-refractivity contribution is 0.0702. The van der Waals surface area contributed by atoms with Crippen LogP contribution in [0.3, 0.4) is 0 Å². The molecule has 3 unspecified atom stereocenters. The van der Waals surface area contributed by atoms with Gasteiger partial charge in [0, 0.05) is 17.5 Å². The minimum Gasteiger partial charge on any atom is -0.477 e. The molecule has 0 spiro atoms. The van der Waals surface area contributed by atoms with Gasteiger partial charge in [-0.1, -0.05) is 13.8 Å². The minimum atomic E-state index is -0.827. The molecule has 3 atom stereocenters. The van der Waals surface area contributed by atoms with Gasteiger partial charge in [-0.3, -0.25) is 0 Å². The van der Waals surface area contributed by atoms with Crippen LogP contribution in [0.15, 0.2) is 12.1 Å². The Morgan fingerprint density at radius 1 is 1.39 bits per heavy atom. The predicted octanol–water partition coefficient (Wildman–Crippen LogP) is 3.36. The van der Waals surface area contributed by atoms with Crippen LogP contribution in [0.4, 0.5) is 0 Å². The van der Waals surface area contributed by atoms with Gasteiger partial charge in [-0.25, -0.2) is 4.79 Å². The number of rotatable bonds is 4. The largest absolute Gasteiger partial charge is 0.477 e. The molecule has 1 saturated carbocycles. The number of carbonyl (C=O) groups is 1. The van der Waals surface area contributed by atoms with Gasteiger partial charge in [0.2, 0.25) is 0 Å². The van der Waals surface area contributed by atoms with Gasteiger partial charge in [0.1, 0.15) is 4.88 Å². The van der Waals surface area contributed by atoms with E-state index in [-0.39, 0.29) is 0 Å². The van der Waals surface area contributed by atoms with Crippen molar-refractivity contribution < 1.29 is 9.90 Å². The maximum Gasteiger partial charge on any atom is 0.345 e. The quantitative estimate of drug-likeness (QED) is 0.879. The highest BCUT2D eigenvalue weighted by Crippen LogP contribution is 2.29. The van der Waals surface area contributed by atoms with Crippen molar-refractivity contribution in [1.29, 1.82) is 0 Å². The molecule has 0 aliphatic heterocycles. The third kappa shape index (κ3) is 3.33. The minimum absolute atomic E-state index is 0.428. The molecule has 1 aliphatic carbocycles. The fourth-order valence-electron chi connectivity index (χ4n) is 2.57. The van der Waals surface area contributed by atoms with Gasteiger partial charge in [0.25, 0.3) is 0 Å². The summed E-state index contributed by atoms with van der Waals surface area (Å²) in [6.07, 6.45) is 3.77. The first-order valence-electron chi connectivity index (χ1n) is 6.61. The fraction of sp³-hybridized carbons (Fsp3) is 0.643. The first-order valence-corrected chi connectivity index (χ1v) is 7.43. The van der Waals surface area contributed by atoms with E-state index in [9.17, 15) is 4.79 Å². The molecule has 1 fully saturated rings. The first kappa shape index (κ1) is 13.6. The molecular weight excluding hydrogens is 246 g/mol. The van der Waals surface area contributed by atoms with Crippen molar-refractivity contribution in [2.24, 2.45) is 11.8 Å². The number of carboxylic acids is 1. The molecule has 0 radical (unpaired) electrons. The third-order valence-electron chi connectivity index (χ3n) is 4.04. The average molecular weight is 267 g/mol. The maximum absolute atomic E-state index is 10.8. The van der Waals surface area contributed by atoms with Crippen molar-refractivity contribution in [3.63, 3.8) is 0 Å². The summed E-state index contributed by atoms with van der Waals surface area (Å²) in [4.78, 5) is 12.3. The summed E-state index contributed by atoms with van der Waals surface area (Å²) >= 11 is 1.37. The maximum atomic E-state index is 10.8. The number of aromatic carboxylic acids is 1. The Morgan fingerprint density at radius 3 is 2.78 bits per heavy atom. The van der Waals surface area contributed by atoms with Crippen LogP contribution in [0.2, 0.25) is 0 Å². The van der Waals surface area contributed by atoms with E-state index in [0.717, 1.165) is 23.3 Å². The molecular formula is C14H21NO2S. The Kier molecular flexibility index (Phi) is 4.40. The van der Waals surface area contributed by atoms with Gasteiger partial charge in [-0.05, 0) is 43.2 Å². The van der Waals surface area contributed by atoms with E-state index in [1.165, 1.54) is 30.6 Å². The van der Waals surface area contributed by atoms with Gasteiger partial charge in [-0.15, -0.1) is 11.3 Å². The molecule has 0 saturated heterocycles. The second kappa shape index (κ2) is 5.85. The lowest BCUT2D eigenvalue weighted by Crippen LogP contribution is -2.35. The van der Waals surface area contributed by atoms with Crippen LogP contribution in [0.5, 0.6) is 0 Å². The van der Waals surface area contributed by atoms with E-state index in [1.54, 1.807) is 6.07 Å². The molecule has 18 heavy (non-hydrogen) atoms. The van der Waals surface area contributed by atoms with Crippen LogP contribution in [0.25, 0.3) is 0 Å². The second-order valence-corrected chi connectivity index (χ2v) is 6.58. The average Bonchev–Trinajstić information content (AvgIpc) is 2.79. The zero-order valence-corrected chi connectivity index (χ0v) is 11.8. The molecule has 2 N–H and O–H groups in total. The number of hydrogen-bond donors (Lipinski definition) is 2. The summed E-state index contributed by atoms with van der Waals surface area (Å²) in [7, 11) is 0. The van der Waals surface area contributed by atoms with E-state index in [0.29, 0.717) is 10.9 Å². The Hall–Kier alpha value is -0.870. The van der Waals surface area contributed by atoms with Crippen LogP contribution in [-0.4, -0.2) is 17.1 Å². The second-order valence-electron chi connectivity index (χ2n) is 5.42. The summed E-state index contributed by atoms with van der Waals surface area (Å²) in [6, 6.07) is 4.19. The SMILES string of the molecule is CC1CCC(NCc2ccc(C(=O)O)s2)CC1C. The number of nitrogens with one attached hydrogen (secondary N) is 1. The predicted molar refractivity (Wildman–Crippen MR) is 74.1 cm³/mol. The van der Waals surface area contributed by atoms with Gasteiger partial charge < -0.3 is 10.4 Å². The Bertz CT molecular complexity index is 416. The molecule has 1 heterocycles.